The van der Waals surface area contributed by atoms with E-state index < -0.39 is 60.1 Å². The summed E-state index contributed by atoms with van der Waals surface area (Å²) in [5, 5.41) is 10.4. The molecule has 4 aliphatic rings. The fraction of sp³-hybridized carbons (Fsp3) is 0.386. The van der Waals surface area contributed by atoms with Gasteiger partial charge in [-0.15, -0.1) is 0 Å². The van der Waals surface area contributed by atoms with Gasteiger partial charge in [0, 0.05) is 86.3 Å². The monoisotopic (exact) mass is 928 g/mol. The normalized spacial score (nSPS) is 18.9. The zero-order chi connectivity index (χ0) is 47.2. The highest BCUT2D eigenvalue weighted by Gasteiger charge is 2.45. The molecule has 3 saturated heterocycles. The van der Waals surface area contributed by atoms with E-state index in [9.17, 15) is 54.3 Å². The molecule has 0 aliphatic carbocycles. The van der Waals surface area contributed by atoms with Crippen LogP contribution in [0.2, 0.25) is 0 Å². The Bertz CT molecular complexity index is 2730. The van der Waals surface area contributed by atoms with Crippen LogP contribution in [0.15, 0.2) is 67.1 Å². The second-order valence-corrected chi connectivity index (χ2v) is 16.4. The molecule has 0 radical (unpaired) electrons. The average Bonchev–Trinajstić information content (AvgIpc) is 3.75. The van der Waals surface area contributed by atoms with Crippen LogP contribution in [0.4, 0.5) is 46.6 Å². The molecule has 14 nitrogen and oxygen atoms in total. The standard InChI is InChI=1S/C42H39F5N8O4.C2HF3O2/c43-41(44)54-33-7-11-48-23-31(33)28-3-1-25(20-35(28)54)26-19-32(42(45,46)47)37(49-22-26)53-13-9-24(10-14-53)8-12-51-15-17-52(18-16-51)27-2-4-29-30(21-27)40(59)55(39(29)58)34-5-6-36(56)50-38(34)57;3-2(4,5)1(6)7/h1-4,7,11,19-24,34,41H,5-6,8-10,12-18H2,(H,50,56,57);(H,6,7). The number of imide groups is 2. The molecule has 1 unspecified atom stereocenters. The predicted molar refractivity (Wildman–Crippen MR) is 222 cm³/mol. The average molecular weight is 929 g/mol. The number of hydrogen-bond acceptors (Lipinski definition) is 10. The van der Waals surface area contributed by atoms with Crippen molar-refractivity contribution in [3.05, 3.63) is 83.8 Å². The lowest BCUT2D eigenvalue weighted by Crippen LogP contribution is -2.54. The summed E-state index contributed by atoms with van der Waals surface area (Å²) in [6, 6.07) is 11.4. The van der Waals surface area contributed by atoms with Crippen LogP contribution in [0.5, 0.6) is 0 Å². The predicted octanol–water partition coefficient (Wildman–Crippen LogP) is 7.13. The van der Waals surface area contributed by atoms with E-state index >= 15 is 0 Å². The Labute approximate surface area is 369 Å². The van der Waals surface area contributed by atoms with Gasteiger partial charge in [0.25, 0.3) is 11.8 Å². The van der Waals surface area contributed by atoms with Crippen molar-refractivity contribution in [2.75, 3.05) is 55.6 Å². The number of alkyl halides is 8. The van der Waals surface area contributed by atoms with E-state index in [2.05, 4.69) is 25.1 Å². The number of fused-ring (bicyclic) bond motifs is 4. The summed E-state index contributed by atoms with van der Waals surface area (Å²) in [5.74, 6) is -4.72. The topological polar surface area (TPSA) is 161 Å². The van der Waals surface area contributed by atoms with Crippen molar-refractivity contribution in [3.63, 3.8) is 0 Å². The Morgan fingerprint density at radius 3 is 2.12 bits per heavy atom. The second-order valence-electron chi connectivity index (χ2n) is 16.4. The zero-order valence-electron chi connectivity index (χ0n) is 34.7. The smallest absolute Gasteiger partial charge is 0.475 e. The molecule has 4 amide bonds. The highest BCUT2D eigenvalue weighted by Crippen LogP contribution is 2.41. The molecule has 66 heavy (non-hydrogen) atoms. The fourth-order valence-corrected chi connectivity index (χ4v) is 9.04. The summed E-state index contributed by atoms with van der Waals surface area (Å²) in [6.45, 7) is 1.74. The van der Waals surface area contributed by atoms with Gasteiger partial charge in [-0.1, -0.05) is 12.1 Å². The molecule has 0 bridgehead atoms. The lowest BCUT2D eigenvalue weighted by molar-refractivity contribution is -0.192. The number of nitrogens with zero attached hydrogens (tertiary/aromatic N) is 7. The minimum absolute atomic E-state index is 0.0520. The molecule has 7 heterocycles. The first-order valence-electron chi connectivity index (χ1n) is 20.9. The zero-order valence-corrected chi connectivity index (χ0v) is 34.7. The minimum atomic E-state index is -5.08. The molecule has 0 spiro atoms. The van der Waals surface area contributed by atoms with E-state index in [-0.39, 0.29) is 46.4 Å². The van der Waals surface area contributed by atoms with Crippen LogP contribution in [0.25, 0.3) is 32.9 Å². The number of carbonyl (C=O) groups excluding carboxylic acids is 4. The Kier molecular flexibility index (Phi) is 12.5. The summed E-state index contributed by atoms with van der Waals surface area (Å²) in [7, 11) is 0. The van der Waals surface area contributed by atoms with Crippen molar-refractivity contribution < 1.29 is 64.2 Å². The van der Waals surface area contributed by atoms with Crippen LogP contribution in [0.1, 0.15) is 64.9 Å². The molecule has 22 heteroatoms. The van der Waals surface area contributed by atoms with Gasteiger partial charge in [0.1, 0.15) is 11.9 Å². The van der Waals surface area contributed by atoms with Gasteiger partial charge < -0.3 is 14.9 Å². The first-order valence-corrected chi connectivity index (χ1v) is 20.9. The van der Waals surface area contributed by atoms with Gasteiger partial charge >= 0.3 is 24.9 Å². The highest BCUT2D eigenvalue weighted by atomic mass is 19.4. The fourth-order valence-electron chi connectivity index (χ4n) is 9.04. The van der Waals surface area contributed by atoms with E-state index in [4.69, 9.17) is 9.90 Å². The second kappa shape index (κ2) is 17.9. The van der Waals surface area contributed by atoms with Crippen molar-refractivity contribution >= 4 is 62.9 Å². The summed E-state index contributed by atoms with van der Waals surface area (Å²) >= 11 is 0. The van der Waals surface area contributed by atoms with Gasteiger partial charge in [-0.3, -0.25) is 43.8 Å². The summed E-state index contributed by atoms with van der Waals surface area (Å²) in [5.41, 5.74) is 1.42. The molecule has 1 atom stereocenters. The summed E-state index contributed by atoms with van der Waals surface area (Å²) in [4.78, 5) is 74.9. The molecule has 2 N–H and O–H groups in total. The van der Waals surface area contributed by atoms with Crippen LogP contribution in [0, 0.1) is 5.92 Å². The Balaban J connectivity index is 0.000000785. The first-order chi connectivity index (χ1) is 31.3. The highest BCUT2D eigenvalue weighted by molar-refractivity contribution is 6.23. The largest absolute Gasteiger partial charge is 0.490 e. The number of amides is 4. The quantitative estimate of drug-likeness (QED) is 0.120. The molecular formula is C44H40F8N8O6. The summed E-state index contributed by atoms with van der Waals surface area (Å²) < 4.78 is 105. The van der Waals surface area contributed by atoms with E-state index in [1.165, 1.54) is 30.7 Å². The van der Waals surface area contributed by atoms with Crippen LogP contribution >= 0.6 is 0 Å². The van der Waals surface area contributed by atoms with Gasteiger partial charge in [-0.2, -0.15) is 35.1 Å². The number of carbonyl (C=O) groups is 5. The Hall–Kier alpha value is -6.71. The number of carboxylic acid groups (broad SMARTS) is 1. The van der Waals surface area contributed by atoms with Crippen molar-refractivity contribution in [1.29, 1.82) is 0 Å². The number of carboxylic acids is 1. The third-order valence-electron chi connectivity index (χ3n) is 12.5. The van der Waals surface area contributed by atoms with Gasteiger partial charge in [0.15, 0.2) is 0 Å². The molecule has 348 valence electrons. The number of pyridine rings is 2. The maximum atomic E-state index is 14.6. The van der Waals surface area contributed by atoms with Crippen molar-refractivity contribution in [2.24, 2.45) is 5.92 Å². The van der Waals surface area contributed by atoms with Gasteiger partial charge in [-0.25, -0.2) is 9.78 Å². The van der Waals surface area contributed by atoms with Gasteiger partial charge in [0.2, 0.25) is 11.8 Å². The Morgan fingerprint density at radius 2 is 1.47 bits per heavy atom. The van der Waals surface area contributed by atoms with E-state index in [1.54, 1.807) is 29.2 Å². The number of rotatable bonds is 8. The van der Waals surface area contributed by atoms with E-state index in [0.29, 0.717) is 61.3 Å². The number of nitrogens with one attached hydrogen (secondary N) is 1. The van der Waals surface area contributed by atoms with Gasteiger partial charge in [-0.05, 0) is 80.1 Å². The van der Waals surface area contributed by atoms with Crippen molar-refractivity contribution in [2.45, 2.75) is 57.0 Å². The van der Waals surface area contributed by atoms with Crippen LogP contribution in [-0.2, 0) is 20.6 Å². The number of aliphatic carboxylic acids is 1. The SMILES string of the molecule is O=C(O)C(F)(F)F.O=C1CCC(N2C(=O)c3ccc(N4CCN(CCC5CCN(c6ncc(-c7ccc8c9cnccc9n(C(F)F)c8c7)cc6C(F)(F)F)CC5)CC4)cc3C2=O)C(=O)N1. The third kappa shape index (κ3) is 9.09. The molecule has 3 fully saturated rings. The van der Waals surface area contributed by atoms with Gasteiger partial charge in [0.05, 0.1) is 27.7 Å². The lowest BCUT2D eigenvalue weighted by atomic mass is 9.93. The number of anilines is 2. The molecule has 0 saturated carbocycles. The molecule has 4 aliphatic heterocycles. The van der Waals surface area contributed by atoms with Crippen LogP contribution < -0.4 is 15.1 Å². The maximum Gasteiger partial charge on any atom is 0.490 e. The van der Waals surface area contributed by atoms with Crippen LogP contribution in [0.3, 0.4) is 0 Å². The lowest BCUT2D eigenvalue weighted by Gasteiger charge is -2.38. The molecule has 3 aromatic heterocycles. The number of piperazine rings is 1. The van der Waals surface area contributed by atoms with E-state index in [0.717, 1.165) is 47.3 Å². The first kappa shape index (κ1) is 45.8. The Morgan fingerprint density at radius 1 is 0.773 bits per heavy atom. The van der Waals surface area contributed by atoms with Crippen molar-refractivity contribution in [1.82, 2.24) is 29.7 Å². The third-order valence-corrected chi connectivity index (χ3v) is 12.5. The molecular weight excluding hydrogens is 889 g/mol. The number of piperidine rings is 2. The maximum absolute atomic E-state index is 14.6. The number of halogens is 8. The van der Waals surface area contributed by atoms with E-state index in [1.807, 2.05) is 6.07 Å². The van der Waals surface area contributed by atoms with Crippen LogP contribution in [-0.4, -0.2) is 117 Å². The molecule has 5 aromatic rings. The summed E-state index contributed by atoms with van der Waals surface area (Å²) in [6.07, 6.45) is -3.01. The number of benzene rings is 2. The molecule has 9 rings (SSSR count). The minimum Gasteiger partial charge on any atom is -0.475 e. The van der Waals surface area contributed by atoms with Crippen molar-refractivity contribution in [3.8, 4) is 11.1 Å². The number of hydrogen-bond donors (Lipinski definition) is 2. The molecule has 2 aromatic carbocycles. The number of aromatic nitrogens is 3.